The summed E-state index contributed by atoms with van der Waals surface area (Å²) in [5.74, 6) is 0.597. The van der Waals surface area contributed by atoms with Gasteiger partial charge in [-0.25, -0.2) is 4.79 Å². The van der Waals surface area contributed by atoms with Crippen LogP contribution in [0.3, 0.4) is 0 Å². The Labute approximate surface area is 233 Å². The Bertz CT molecular complexity index is 1660. The SMILES string of the molecule is CCCCCOc1ccc(C2C(C#N)=C(N)Oc3cc(OC(=O)c4oc5cc(C)c(C)cc5c4C)ccc32)cc1. The van der Waals surface area contributed by atoms with Gasteiger partial charge in [0.15, 0.2) is 0 Å². The maximum atomic E-state index is 13.1. The number of allylic oxidation sites excluding steroid dienone is 1. The first-order chi connectivity index (χ1) is 19.3. The first-order valence-electron chi connectivity index (χ1n) is 13.5. The predicted octanol–water partition coefficient (Wildman–Crippen LogP) is 7.36. The van der Waals surface area contributed by atoms with Crippen LogP contribution in [0, 0.1) is 32.1 Å². The summed E-state index contributed by atoms with van der Waals surface area (Å²) in [7, 11) is 0. The zero-order valence-electron chi connectivity index (χ0n) is 23.2. The van der Waals surface area contributed by atoms with E-state index in [2.05, 4.69) is 13.0 Å². The standard InChI is InChI=1S/C33H32N2O5/c1-5-6-7-14-37-23-10-8-22(9-11-23)30-25-13-12-24(17-29(25)40-32(35)27(30)18-34)38-33(36)31-21(4)26-15-19(2)20(3)16-28(26)39-31/h8-13,15-17,30H,5-7,14,35H2,1-4H3. The number of ether oxygens (including phenoxy) is 3. The molecule has 4 aromatic rings. The molecule has 3 aromatic carbocycles. The van der Waals surface area contributed by atoms with E-state index in [1.807, 2.05) is 57.2 Å². The van der Waals surface area contributed by atoms with Crippen LogP contribution in [0.15, 0.2) is 70.5 Å². The number of carbonyl (C=O) groups excluding carboxylic acids is 1. The Morgan fingerprint density at radius 2 is 1.73 bits per heavy atom. The lowest BCUT2D eigenvalue weighted by Crippen LogP contribution is -2.21. The van der Waals surface area contributed by atoms with Crippen molar-refractivity contribution in [2.75, 3.05) is 6.61 Å². The Balaban J connectivity index is 1.40. The second-order valence-corrected chi connectivity index (χ2v) is 10.1. The van der Waals surface area contributed by atoms with Gasteiger partial charge in [0.05, 0.1) is 12.5 Å². The molecule has 7 heteroatoms. The third kappa shape index (κ3) is 5.13. The first kappa shape index (κ1) is 26.9. The zero-order chi connectivity index (χ0) is 28.4. The number of esters is 1. The summed E-state index contributed by atoms with van der Waals surface area (Å²) in [6.07, 6.45) is 3.27. The lowest BCUT2D eigenvalue weighted by molar-refractivity contribution is 0.0702. The molecule has 2 N–H and O–H groups in total. The second kappa shape index (κ2) is 11.2. The monoisotopic (exact) mass is 536 g/mol. The molecule has 0 amide bonds. The van der Waals surface area contributed by atoms with Crippen molar-refractivity contribution >= 4 is 16.9 Å². The van der Waals surface area contributed by atoms with Crippen LogP contribution in [-0.4, -0.2) is 12.6 Å². The Morgan fingerprint density at radius 3 is 2.45 bits per heavy atom. The lowest BCUT2D eigenvalue weighted by Gasteiger charge is -2.26. The van der Waals surface area contributed by atoms with Gasteiger partial charge in [-0.2, -0.15) is 5.26 Å². The largest absolute Gasteiger partial charge is 0.494 e. The van der Waals surface area contributed by atoms with Gasteiger partial charge in [0.2, 0.25) is 11.6 Å². The molecule has 0 radical (unpaired) electrons. The number of nitrogens with two attached hydrogens (primary N) is 1. The minimum absolute atomic E-state index is 0.0160. The lowest BCUT2D eigenvalue weighted by atomic mass is 9.83. The fraction of sp³-hybridized carbons (Fsp3) is 0.273. The number of benzene rings is 3. The molecule has 0 fully saturated rings. The number of hydrogen-bond donors (Lipinski definition) is 1. The van der Waals surface area contributed by atoms with Crippen LogP contribution in [-0.2, 0) is 0 Å². The molecule has 40 heavy (non-hydrogen) atoms. The highest BCUT2D eigenvalue weighted by Gasteiger charge is 2.31. The van der Waals surface area contributed by atoms with Crippen molar-refractivity contribution < 1.29 is 23.4 Å². The van der Waals surface area contributed by atoms with E-state index < -0.39 is 11.9 Å². The van der Waals surface area contributed by atoms with Crippen LogP contribution in [0.25, 0.3) is 11.0 Å². The zero-order valence-corrected chi connectivity index (χ0v) is 23.2. The summed E-state index contributed by atoms with van der Waals surface area (Å²) in [5, 5.41) is 10.8. The maximum absolute atomic E-state index is 13.1. The van der Waals surface area contributed by atoms with Crippen molar-refractivity contribution in [3.05, 3.63) is 99.6 Å². The van der Waals surface area contributed by atoms with Gasteiger partial charge in [-0.05, 0) is 74.2 Å². The number of unbranched alkanes of at least 4 members (excludes halogenated alkanes) is 2. The summed E-state index contributed by atoms with van der Waals surface area (Å²) in [6.45, 7) is 8.68. The minimum atomic E-state index is -0.605. The smallest absolute Gasteiger partial charge is 0.379 e. The van der Waals surface area contributed by atoms with Crippen molar-refractivity contribution in [1.82, 2.24) is 0 Å². The minimum Gasteiger partial charge on any atom is -0.494 e. The molecule has 1 aliphatic heterocycles. The molecule has 7 nitrogen and oxygen atoms in total. The van der Waals surface area contributed by atoms with E-state index in [1.54, 1.807) is 18.2 Å². The maximum Gasteiger partial charge on any atom is 0.379 e. The summed E-state index contributed by atoms with van der Waals surface area (Å²) in [4.78, 5) is 13.1. The summed E-state index contributed by atoms with van der Waals surface area (Å²) in [5.41, 5.74) is 11.7. The fourth-order valence-electron chi connectivity index (χ4n) is 4.96. The van der Waals surface area contributed by atoms with Gasteiger partial charge < -0.3 is 24.4 Å². The highest BCUT2D eigenvalue weighted by molar-refractivity contribution is 5.97. The van der Waals surface area contributed by atoms with E-state index in [0.29, 0.717) is 23.5 Å². The second-order valence-electron chi connectivity index (χ2n) is 10.1. The third-order valence-corrected chi connectivity index (χ3v) is 7.37. The molecule has 1 unspecified atom stereocenters. The number of nitriles is 1. The molecule has 2 heterocycles. The number of nitrogens with zero attached hydrogens (tertiary/aromatic N) is 1. The predicted molar refractivity (Wildman–Crippen MR) is 153 cm³/mol. The molecule has 204 valence electrons. The summed E-state index contributed by atoms with van der Waals surface area (Å²) >= 11 is 0. The molecule has 1 atom stereocenters. The van der Waals surface area contributed by atoms with Crippen LogP contribution in [0.2, 0.25) is 0 Å². The Kier molecular flexibility index (Phi) is 7.52. The van der Waals surface area contributed by atoms with Gasteiger partial charge in [0, 0.05) is 22.6 Å². The van der Waals surface area contributed by atoms with Crippen molar-refractivity contribution in [3.63, 3.8) is 0 Å². The average Bonchev–Trinajstić information content (AvgIpc) is 3.26. The van der Waals surface area contributed by atoms with Gasteiger partial charge in [-0.15, -0.1) is 0 Å². The van der Waals surface area contributed by atoms with Gasteiger partial charge >= 0.3 is 5.97 Å². The van der Waals surface area contributed by atoms with Crippen molar-refractivity contribution in [2.45, 2.75) is 52.9 Å². The van der Waals surface area contributed by atoms with E-state index in [1.165, 1.54) is 0 Å². The molecular formula is C33H32N2O5. The number of aryl methyl sites for hydroxylation is 3. The van der Waals surface area contributed by atoms with Crippen LogP contribution in [0.1, 0.15) is 70.5 Å². The number of fused-ring (bicyclic) bond motifs is 2. The van der Waals surface area contributed by atoms with E-state index in [-0.39, 0.29) is 17.4 Å². The fourth-order valence-corrected chi connectivity index (χ4v) is 4.96. The highest BCUT2D eigenvalue weighted by Crippen LogP contribution is 2.44. The summed E-state index contributed by atoms with van der Waals surface area (Å²) < 4.78 is 23.2. The number of rotatable bonds is 8. The average molecular weight is 537 g/mol. The molecule has 0 spiro atoms. The van der Waals surface area contributed by atoms with Crippen LogP contribution in [0.5, 0.6) is 17.2 Å². The molecule has 0 aliphatic carbocycles. The van der Waals surface area contributed by atoms with Crippen molar-refractivity contribution in [1.29, 1.82) is 5.26 Å². The number of furan rings is 1. The molecule has 0 saturated heterocycles. The van der Waals surface area contributed by atoms with E-state index in [9.17, 15) is 10.1 Å². The van der Waals surface area contributed by atoms with Crippen molar-refractivity contribution in [2.24, 2.45) is 5.73 Å². The van der Waals surface area contributed by atoms with E-state index in [4.69, 9.17) is 24.4 Å². The van der Waals surface area contributed by atoms with Gasteiger partial charge in [-0.3, -0.25) is 0 Å². The van der Waals surface area contributed by atoms with E-state index in [0.717, 1.165) is 58.2 Å². The van der Waals surface area contributed by atoms with Crippen LogP contribution in [0.4, 0.5) is 0 Å². The van der Waals surface area contributed by atoms with Crippen LogP contribution < -0.4 is 19.9 Å². The van der Waals surface area contributed by atoms with Crippen molar-refractivity contribution in [3.8, 4) is 23.3 Å². The number of hydrogen-bond acceptors (Lipinski definition) is 7. The van der Waals surface area contributed by atoms with Gasteiger partial charge in [0.25, 0.3) is 0 Å². The molecule has 0 saturated carbocycles. The van der Waals surface area contributed by atoms with Gasteiger partial charge in [-0.1, -0.05) is 38.0 Å². The normalized spacial score (nSPS) is 14.4. The molecule has 1 aliphatic rings. The Hall–Kier alpha value is -4.70. The molecule has 1 aromatic heterocycles. The molecule has 5 rings (SSSR count). The first-order valence-corrected chi connectivity index (χ1v) is 13.5. The highest BCUT2D eigenvalue weighted by atomic mass is 16.5. The number of carbonyl (C=O) groups is 1. The topological polar surface area (TPSA) is 108 Å². The van der Waals surface area contributed by atoms with Crippen LogP contribution >= 0.6 is 0 Å². The summed E-state index contributed by atoms with van der Waals surface area (Å²) in [6, 6.07) is 18.9. The molecular weight excluding hydrogens is 504 g/mol. The Morgan fingerprint density at radius 1 is 1.00 bits per heavy atom. The van der Waals surface area contributed by atoms with Gasteiger partial charge in [0.1, 0.15) is 34.5 Å². The quantitative estimate of drug-likeness (QED) is 0.142. The van der Waals surface area contributed by atoms with E-state index >= 15 is 0 Å². The molecule has 0 bridgehead atoms. The third-order valence-electron chi connectivity index (χ3n) is 7.37.